The third-order valence-corrected chi connectivity index (χ3v) is 5.29. The highest BCUT2D eigenvalue weighted by molar-refractivity contribution is 6.03. The maximum atomic E-state index is 14.1. The second-order valence-electron chi connectivity index (χ2n) is 9.38. The van der Waals surface area contributed by atoms with Crippen LogP contribution in [0.5, 0.6) is 0 Å². The lowest BCUT2D eigenvalue weighted by Gasteiger charge is -2.34. The Hall–Kier alpha value is -3.77. The normalized spacial score (nSPS) is 16.4. The Balaban J connectivity index is 1.81. The van der Waals surface area contributed by atoms with Crippen molar-refractivity contribution in [2.75, 3.05) is 18.4 Å². The number of nitrogens with one attached hydrogen (secondary N) is 2. The highest BCUT2D eigenvalue weighted by atomic mass is 19.4. The highest BCUT2D eigenvalue weighted by Gasteiger charge is 2.34. The van der Waals surface area contributed by atoms with Crippen LogP contribution in [0.4, 0.5) is 32.8 Å². The molecule has 9 nitrogen and oxygen atoms in total. The molecule has 196 valence electrons. The molecule has 2 heterocycles. The summed E-state index contributed by atoms with van der Waals surface area (Å²) in [4.78, 5) is 38.4. The molecule has 2 aromatic rings. The number of rotatable bonds is 4. The third kappa shape index (κ3) is 6.67. The predicted molar refractivity (Wildman–Crippen MR) is 122 cm³/mol. The number of hydrogen-bond donors (Lipinski definition) is 3. The maximum Gasteiger partial charge on any atom is 0.419 e. The number of carbonyl (C=O) groups is 3. The number of anilines is 1. The first-order chi connectivity index (χ1) is 16.6. The van der Waals surface area contributed by atoms with Crippen LogP contribution in [0, 0.1) is 5.82 Å². The molecule has 0 bridgehead atoms. The summed E-state index contributed by atoms with van der Waals surface area (Å²) in [5.74, 6) is -2.12. The van der Waals surface area contributed by atoms with E-state index in [1.807, 2.05) is 0 Å². The minimum Gasteiger partial charge on any atom is -0.444 e. The van der Waals surface area contributed by atoms with Crippen molar-refractivity contribution in [1.29, 1.82) is 0 Å². The molecule has 3 rings (SSSR count). The molecule has 36 heavy (non-hydrogen) atoms. The zero-order valence-electron chi connectivity index (χ0n) is 19.9. The number of nitrogens with two attached hydrogens (primary N) is 1. The van der Waals surface area contributed by atoms with Crippen LogP contribution < -0.4 is 16.4 Å². The van der Waals surface area contributed by atoms with Crippen LogP contribution in [0.15, 0.2) is 30.6 Å². The molecule has 1 aromatic heterocycles. The topological polar surface area (TPSA) is 119 Å². The van der Waals surface area contributed by atoms with Gasteiger partial charge in [0.2, 0.25) is 0 Å². The van der Waals surface area contributed by atoms with Gasteiger partial charge >= 0.3 is 18.3 Å². The fraction of sp³-hybridized carbons (Fsp3) is 0.435. The van der Waals surface area contributed by atoms with Crippen molar-refractivity contribution in [2.24, 2.45) is 5.73 Å². The molecule has 1 aliphatic rings. The molecule has 4 amide bonds. The molecule has 13 heteroatoms. The van der Waals surface area contributed by atoms with E-state index in [1.165, 1.54) is 21.9 Å². The van der Waals surface area contributed by atoms with Crippen LogP contribution in [-0.4, -0.2) is 52.2 Å². The summed E-state index contributed by atoms with van der Waals surface area (Å²) in [5, 5.41) is 5.07. The predicted octanol–water partition coefficient (Wildman–Crippen LogP) is 4.26. The largest absolute Gasteiger partial charge is 0.444 e. The Morgan fingerprint density at radius 3 is 2.42 bits per heavy atom. The number of piperidine rings is 1. The minimum atomic E-state index is -4.86. The first-order valence-electron chi connectivity index (χ1n) is 11.1. The van der Waals surface area contributed by atoms with Crippen molar-refractivity contribution in [3.05, 3.63) is 47.5 Å². The standard InChI is InChI=1S/C23H27F4N5O4/c1-22(2,3)36-21(35)31-8-4-5-13(10-31)29-19(33)15-11-32(12-18(15)30-20(28)34)14-6-7-16(17(24)9-14)23(25,26)27/h6-7,9,11-13H,4-5,8,10H2,1-3H3,(H,29,33)(H3,28,30,34). The Kier molecular flexibility index (Phi) is 7.51. The van der Waals surface area contributed by atoms with Gasteiger partial charge in [0.15, 0.2) is 0 Å². The lowest BCUT2D eigenvalue weighted by atomic mass is 10.1. The molecule has 4 N–H and O–H groups in total. The van der Waals surface area contributed by atoms with E-state index in [0.717, 1.165) is 6.07 Å². The van der Waals surface area contributed by atoms with Gasteiger partial charge in [-0.1, -0.05) is 0 Å². The number of urea groups is 1. The first kappa shape index (κ1) is 26.8. The van der Waals surface area contributed by atoms with E-state index in [4.69, 9.17) is 10.5 Å². The van der Waals surface area contributed by atoms with Gasteiger partial charge in [-0.2, -0.15) is 13.2 Å². The quantitative estimate of drug-likeness (QED) is 0.530. The number of primary amides is 1. The van der Waals surface area contributed by atoms with Gasteiger partial charge in [-0.05, 0) is 51.8 Å². The Morgan fingerprint density at radius 2 is 1.83 bits per heavy atom. The minimum absolute atomic E-state index is 0.0131. The lowest BCUT2D eigenvalue weighted by molar-refractivity contribution is -0.140. The van der Waals surface area contributed by atoms with Crippen LogP contribution in [0.1, 0.15) is 49.5 Å². The van der Waals surface area contributed by atoms with Gasteiger partial charge in [0.05, 0.1) is 16.8 Å². The van der Waals surface area contributed by atoms with Gasteiger partial charge in [0, 0.05) is 37.2 Å². The SMILES string of the molecule is CC(C)(C)OC(=O)N1CCCC(NC(=O)c2cn(-c3ccc(C(F)(F)F)c(F)c3)cc2NC(N)=O)C1. The van der Waals surface area contributed by atoms with E-state index in [9.17, 15) is 31.9 Å². The number of benzene rings is 1. The zero-order chi connectivity index (χ0) is 26.8. The Bertz CT molecular complexity index is 1160. The number of likely N-dealkylation sites (tertiary alicyclic amines) is 1. The number of hydrogen-bond acceptors (Lipinski definition) is 4. The van der Waals surface area contributed by atoms with Crippen LogP contribution in [-0.2, 0) is 10.9 Å². The van der Waals surface area contributed by atoms with Crippen molar-refractivity contribution < 1.29 is 36.7 Å². The zero-order valence-corrected chi connectivity index (χ0v) is 19.9. The molecule has 0 radical (unpaired) electrons. The Labute approximate surface area is 204 Å². The first-order valence-corrected chi connectivity index (χ1v) is 11.1. The summed E-state index contributed by atoms with van der Waals surface area (Å²) in [6, 6.07) is 0.875. The van der Waals surface area contributed by atoms with Crippen molar-refractivity contribution >= 4 is 23.7 Å². The maximum absolute atomic E-state index is 14.1. The number of aromatic nitrogens is 1. The van der Waals surface area contributed by atoms with E-state index in [0.29, 0.717) is 31.5 Å². The Morgan fingerprint density at radius 1 is 1.14 bits per heavy atom. The van der Waals surface area contributed by atoms with E-state index < -0.39 is 47.2 Å². The van der Waals surface area contributed by atoms with Crippen LogP contribution in [0.25, 0.3) is 5.69 Å². The molecule has 0 spiro atoms. The fourth-order valence-corrected chi connectivity index (χ4v) is 3.76. The summed E-state index contributed by atoms with van der Waals surface area (Å²) in [6.07, 6.45) is -1.72. The molecule has 1 aromatic carbocycles. The monoisotopic (exact) mass is 513 g/mol. The van der Waals surface area contributed by atoms with Crippen molar-refractivity contribution in [3.63, 3.8) is 0 Å². The van der Waals surface area contributed by atoms with Gasteiger partial charge in [0.25, 0.3) is 5.91 Å². The second-order valence-corrected chi connectivity index (χ2v) is 9.38. The summed E-state index contributed by atoms with van der Waals surface area (Å²) in [6.45, 7) is 5.90. The molecular formula is C23H27F4N5O4. The van der Waals surface area contributed by atoms with Gasteiger partial charge in [-0.15, -0.1) is 0 Å². The van der Waals surface area contributed by atoms with Crippen LogP contribution >= 0.6 is 0 Å². The molecule has 0 saturated carbocycles. The lowest BCUT2D eigenvalue weighted by Crippen LogP contribution is -2.50. The summed E-state index contributed by atoms with van der Waals surface area (Å²) < 4.78 is 59.3. The smallest absolute Gasteiger partial charge is 0.419 e. The number of amides is 4. The molecule has 1 saturated heterocycles. The van der Waals surface area contributed by atoms with Gasteiger partial charge < -0.3 is 30.6 Å². The summed E-state index contributed by atoms with van der Waals surface area (Å²) in [7, 11) is 0. The van der Waals surface area contributed by atoms with Crippen molar-refractivity contribution in [2.45, 2.75) is 51.4 Å². The average molecular weight is 513 g/mol. The van der Waals surface area contributed by atoms with Gasteiger partial charge in [0.1, 0.15) is 11.4 Å². The number of ether oxygens (including phenoxy) is 1. The van der Waals surface area contributed by atoms with Crippen LogP contribution in [0.2, 0.25) is 0 Å². The molecule has 1 aliphatic heterocycles. The van der Waals surface area contributed by atoms with Crippen molar-refractivity contribution in [1.82, 2.24) is 14.8 Å². The number of nitrogens with zero attached hydrogens (tertiary/aromatic N) is 2. The second kappa shape index (κ2) is 10.1. The highest BCUT2D eigenvalue weighted by Crippen LogP contribution is 2.32. The van der Waals surface area contributed by atoms with E-state index in [-0.39, 0.29) is 23.5 Å². The average Bonchev–Trinajstić information content (AvgIpc) is 3.15. The number of halogens is 4. The van der Waals surface area contributed by atoms with E-state index in [2.05, 4.69) is 10.6 Å². The number of carbonyl (C=O) groups excluding carboxylic acids is 3. The van der Waals surface area contributed by atoms with Gasteiger partial charge in [-0.3, -0.25) is 4.79 Å². The molecule has 1 atom stereocenters. The van der Waals surface area contributed by atoms with E-state index >= 15 is 0 Å². The summed E-state index contributed by atoms with van der Waals surface area (Å²) >= 11 is 0. The van der Waals surface area contributed by atoms with Crippen LogP contribution in [0.3, 0.4) is 0 Å². The summed E-state index contributed by atoms with van der Waals surface area (Å²) in [5.41, 5.74) is 2.98. The van der Waals surface area contributed by atoms with Crippen molar-refractivity contribution in [3.8, 4) is 5.69 Å². The molecule has 1 unspecified atom stereocenters. The molecular weight excluding hydrogens is 486 g/mol. The van der Waals surface area contributed by atoms with Gasteiger partial charge in [-0.25, -0.2) is 14.0 Å². The molecule has 1 fully saturated rings. The van der Waals surface area contributed by atoms with E-state index in [1.54, 1.807) is 20.8 Å². The fourth-order valence-electron chi connectivity index (χ4n) is 3.76. The third-order valence-electron chi connectivity index (χ3n) is 5.29. The number of alkyl halides is 3. The molecule has 0 aliphatic carbocycles.